The summed E-state index contributed by atoms with van der Waals surface area (Å²) in [5.41, 5.74) is 5.31. The first kappa shape index (κ1) is 9.19. The van der Waals surface area contributed by atoms with Crippen molar-refractivity contribution >= 4 is 27.3 Å². The summed E-state index contributed by atoms with van der Waals surface area (Å²) in [5, 5.41) is 9.44. The minimum atomic E-state index is -0.392. The molecule has 62 valence electrons. The average molecular weight is 236 g/mol. The monoisotopic (exact) mass is 235 g/mol. The first-order chi connectivity index (χ1) is 5.24. The van der Waals surface area contributed by atoms with Crippen LogP contribution in [0.25, 0.3) is 0 Å². The van der Waals surface area contributed by atoms with Crippen molar-refractivity contribution in [3.05, 3.63) is 20.8 Å². The van der Waals surface area contributed by atoms with Crippen LogP contribution >= 0.6 is 27.3 Å². The SMILES string of the molecule is NCC[C@H](O)c1ccc(Br)s1. The lowest BCUT2D eigenvalue weighted by atomic mass is 10.2. The summed E-state index contributed by atoms with van der Waals surface area (Å²) in [5.74, 6) is 0. The molecule has 0 aromatic carbocycles. The van der Waals surface area contributed by atoms with Crippen LogP contribution in [-0.2, 0) is 0 Å². The van der Waals surface area contributed by atoms with Crippen LogP contribution in [0.5, 0.6) is 0 Å². The first-order valence-electron chi connectivity index (χ1n) is 3.37. The molecule has 3 N–H and O–H groups in total. The van der Waals surface area contributed by atoms with Crippen molar-refractivity contribution in [2.45, 2.75) is 12.5 Å². The molecule has 0 spiro atoms. The molecule has 1 rings (SSSR count). The highest BCUT2D eigenvalue weighted by Gasteiger charge is 2.07. The number of aliphatic hydroxyl groups is 1. The Morgan fingerprint density at radius 2 is 2.36 bits per heavy atom. The van der Waals surface area contributed by atoms with Crippen molar-refractivity contribution in [1.29, 1.82) is 0 Å². The Kier molecular flexibility index (Phi) is 3.51. The van der Waals surface area contributed by atoms with Crippen LogP contribution in [0.15, 0.2) is 15.9 Å². The predicted molar refractivity (Wildman–Crippen MR) is 50.7 cm³/mol. The highest BCUT2D eigenvalue weighted by atomic mass is 79.9. The third-order valence-electron chi connectivity index (χ3n) is 1.36. The van der Waals surface area contributed by atoms with E-state index in [1.54, 1.807) is 11.3 Å². The van der Waals surface area contributed by atoms with Gasteiger partial charge in [0.1, 0.15) is 0 Å². The minimum Gasteiger partial charge on any atom is -0.388 e. The molecular formula is C7H10BrNOS. The standard InChI is InChI=1S/C7H10BrNOS/c8-7-2-1-6(11-7)5(10)3-4-9/h1-2,5,10H,3-4,9H2/t5-/m0/s1. The predicted octanol–water partition coefficient (Wildman–Crippen LogP) is 1.89. The number of halogens is 1. The van der Waals surface area contributed by atoms with Crippen LogP contribution in [0.2, 0.25) is 0 Å². The van der Waals surface area contributed by atoms with Gasteiger partial charge in [0.05, 0.1) is 9.89 Å². The highest BCUT2D eigenvalue weighted by molar-refractivity contribution is 9.11. The Labute approximate surface area is 78.2 Å². The van der Waals surface area contributed by atoms with Crippen LogP contribution < -0.4 is 5.73 Å². The summed E-state index contributed by atoms with van der Waals surface area (Å²) < 4.78 is 1.04. The van der Waals surface area contributed by atoms with Crippen molar-refractivity contribution in [1.82, 2.24) is 0 Å². The Morgan fingerprint density at radius 1 is 1.64 bits per heavy atom. The summed E-state index contributed by atoms with van der Waals surface area (Å²) >= 11 is 4.87. The van der Waals surface area contributed by atoms with Crippen molar-refractivity contribution < 1.29 is 5.11 Å². The molecule has 0 aliphatic carbocycles. The number of hydrogen-bond donors (Lipinski definition) is 2. The molecular weight excluding hydrogens is 226 g/mol. The van der Waals surface area contributed by atoms with E-state index in [-0.39, 0.29) is 0 Å². The zero-order valence-corrected chi connectivity index (χ0v) is 8.36. The van der Waals surface area contributed by atoms with Crippen LogP contribution in [0.3, 0.4) is 0 Å². The third kappa shape index (κ3) is 2.56. The summed E-state index contributed by atoms with van der Waals surface area (Å²) in [6.45, 7) is 0.524. The van der Waals surface area contributed by atoms with Gasteiger partial charge in [-0.3, -0.25) is 0 Å². The molecule has 1 aromatic rings. The van der Waals surface area contributed by atoms with Crippen LogP contribution in [0.4, 0.5) is 0 Å². The molecule has 0 saturated heterocycles. The van der Waals surface area contributed by atoms with E-state index in [0.29, 0.717) is 13.0 Å². The Morgan fingerprint density at radius 3 is 2.82 bits per heavy atom. The Balaban J connectivity index is 2.60. The van der Waals surface area contributed by atoms with Gasteiger partial charge in [0.25, 0.3) is 0 Å². The lowest BCUT2D eigenvalue weighted by Gasteiger charge is -2.04. The quantitative estimate of drug-likeness (QED) is 0.841. The second-order valence-corrected chi connectivity index (χ2v) is 4.73. The molecule has 0 amide bonds. The second kappa shape index (κ2) is 4.21. The third-order valence-corrected chi connectivity index (χ3v) is 3.09. The molecule has 0 aliphatic heterocycles. The number of aliphatic hydroxyl groups excluding tert-OH is 1. The van der Waals surface area contributed by atoms with Gasteiger partial charge in [0, 0.05) is 4.88 Å². The lowest BCUT2D eigenvalue weighted by molar-refractivity contribution is 0.174. The van der Waals surface area contributed by atoms with Gasteiger partial charge in [-0.1, -0.05) is 0 Å². The molecule has 0 bridgehead atoms. The van der Waals surface area contributed by atoms with E-state index < -0.39 is 6.10 Å². The van der Waals surface area contributed by atoms with E-state index in [1.807, 2.05) is 12.1 Å². The van der Waals surface area contributed by atoms with Gasteiger partial charge in [0.2, 0.25) is 0 Å². The zero-order chi connectivity index (χ0) is 8.27. The fraction of sp³-hybridized carbons (Fsp3) is 0.429. The van der Waals surface area contributed by atoms with Gasteiger partial charge in [-0.05, 0) is 41.0 Å². The van der Waals surface area contributed by atoms with Gasteiger partial charge in [-0.25, -0.2) is 0 Å². The fourth-order valence-electron chi connectivity index (χ4n) is 0.807. The fourth-order valence-corrected chi connectivity index (χ4v) is 2.25. The second-order valence-electron chi connectivity index (χ2n) is 2.24. The Hall–Kier alpha value is 0.1000. The van der Waals surface area contributed by atoms with Crippen molar-refractivity contribution in [2.24, 2.45) is 5.73 Å². The molecule has 4 heteroatoms. The summed E-state index contributed by atoms with van der Waals surface area (Å²) in [6, 6.07) is 3.84. The number of thiophene rings is 1. The minimum absolute atomic E-state index is 0.392. The maximum absolute atomic E-state index is 9.44. The average Bonchev–Trinajstić information content (AvgIpc) is 2.36. The smallest absolute Gasteiger partial charge is 0.0894 e. The van der Waals surface area contributed by atoms with Crippen LogP contribution in [0, 0.1) is 0 Å². The normalized spacial score (nSPS) is 13.4. The highest BCUT2D eigenvalue weighted by Crippen LogP contribution is 2.28. The van der Waals surface area contributed by atoms with E-state index in [4.69, 9.17) is 5.73 Å². The molecule has 0 radical (unpaired) electrons. The molecule has 0 fully saturated rings. The van der Waals surface area contributed by atoms with E-state index in [9.17, 15) is 5.11 Å². The van der Waals surface area contributed by atoms with E-state index in [1.165, 1.54) is 0 Å². The topological polar surface area (TPSA) is 46.2 Å². The number of rotatable bonds is 3. The van der Waals surface area contributed by atoms with Gasteiger partial charge in [-0.2, -0.15) is 0 Å². The van der Waals surface area contributed by atoms with E-state index in [0.717, 1.165) is 8.66 Å². The van der Waals surface area contributed by atoms with Gasteiger partial charge >= 0.3 is 0 Å². The summed E-state index contributed by atoms with van der Waals surface area (Å²) in [4.78, 5) is 0.974. The lowest BCUT2D eigenvalue weighted by Crippen LogP contribution is -2.05. The van der Waals surface area contributed by atoms with Gasteiger partial charge < -0.3 is 10.8 Å². The first-order valence-corrected chi connectivity index (χ1v) is 4.98. The molecule has 1 heterocycles. The Bertz CT molecular complexity index is 226. The van der Waals surface area contributed by atoms with Crippen LogP contribution in [0.1, 0.15) is 17.4 Å². The van der Waals surface area contributed by atoms with E-state index >= 15 is 0 Å². The van der Waals surface area contributed by atoms with Crippen molar-refractivity contribution in [3.63, 3.8) is 0 Å². The summed E-state index contributed by atoms with van der Waals surface area (Å²) in [6.07, 6.45) is 0.240. The van der Waals surface area contributed by atoms with Crippen molar-refractivity contribution in [2.75, 3.05) is 6.54 Å². The molecule has 1 aromatic heterocycles. The molecule has 1 atom stereocenters. The largest absolute Gasteiger partial charge is 0.388 e. The van der Waals surface area contributed by atoms with Gasteiger partial charge in [-0.15, -0.1) is 11.3 Å². The molecule has 2 nitrogen and oxygen atoms in total. The molecule has 11 heavy (non-hydrogen) atoms. The zero-order valence-electron chi connectivity index (χ0n) is 5.96. The maximum atomic E-state index is 9.44. The number of hydrogen-bond acceptors (Lipinski definition) is 3. The number of nitrogens with two attached hydrogens (primary N) is 1. The summed E-state index contributed by atoms with van der Waals surface area (Å²) in [7, 11) is 0. The maximum Gasteiger partial charge on any atom is 0.0894 e. The van der Waals surface area contributed by atoms with Crippen molar-refractivity contribution in [3.8, 4) is 0 Å². The van der Waals surface area contributed by atoms with E-state index in [2.05, 4.69) is 15.9 Å². The van der Waals surface area contributed by atoms with Gasteiger partial charge in [0.15, 0.2) is 0 Å². The molecule has 0 saturated carbocycles. The molecule has 0 unspecified atom stereocenters. The van der Waals surface area contributed by atoms with Crippen LogP contribution in [-0.4, -0.2) is 11.7 Å². The molecule has 0 aliphatic rings.